The summed E-state index contributed by atoms with van der Waals surface area (Å²) in [6.07, 6.45) is 4.59. The Labute approximate surface area is 120 Å². The summed E-state index contributed by atoms with van der Waals surface area (Å²) in [5.74, 6) is 0. The minimum absolute atomic E-state index is 0.00989. The summed E-state index contributed by atoms with van der Waals surface area (Å²) in [5, 5.41) is 10.3. The van der Waals surface area contributed by atoms with Gasteiger partial charge in [0.1, 0.15) is 0 Å². The molecule has 1 fully saturated rings. The summed E-state index contributed by atoms with van der Waals surface area (Å²) in [5.41, 5.74) is 7.94. The maximum atomic E-state index is 9.58. The molecule has 1 aromatic carbocycles. The van der Waals surface area contributed by atoms with Crippen LogP contribution < -0.4 is 10.6 Å². The fraction of sp³-hybridized carbons (Fsp3) is 0.600. The van der Waals surface area contributed by atoms with Crippen LogP contribution in [0.3, 0.4) is 0 Å². The molecule has 1 heterocycles. The van der Waals surface area contributed by atoms with Gasteiger partial charge in [-0.1, -0.05) is 30.5 Å². The molecule has 3 N–H and O–H groups in total. The molecule has 0 aliphatic carbocycles. The molecule has 1 aliphatic heterocycles. The molecule has 1 aromatic rings. The van der Waals surface area contributed by atoms with Crippen LogP contribution in [0.1, 0.15) is 44.2 Å². The number of rotatable bonds is 3. The molecule has 0 saturated carbocycles. The Bertz CT molecular complexity index is 423. The van der Waals surface area contributed by atoms with Crippen molar-refractivity contribution < 1.29 is 5.11 Å². The molecule has 2 atom stereocenters. The molecule has 2 rings (SSSR count). The average Bonchev–Trinajstić information content (AvgIpc) is 2.63. The molecule has 2 unspecified atom stereocenters. The lowest BCUT2D eigenvalue weighted by Gasteiger charge is -2.31. The van der Waals surface area contributed by atoms with Crippen LogP contribution in [0.25, 0.3) is 0 Å². The van der Waals surface area contributed by atoms with Crippen LogP contribution in [0.2, 0.25) is 5.02 Å². The van der Waals surface area contributed by atoms with Crippen molar-refractivity contribution in [3.8, 4) is 0 Å². The third-order valence-electron chi connectivity index (χ3n) is 3.89. The molecule has 3 nitrogen and oxygen atoms in total. The van der Waals surface area contributed by atoms with E-state index >= 15 is 0 Å². The first-order chi connectivity index (χ1) is 9.13. The summed E-state index contributed by atoms with van der Waals surface area (Å²) in [6, 6.07) is 6.19. The SMILES string of the molecule is CC(N)c1ccc(N2CCCCCC2CO)c(Cl)c1. The van der Waals surface area contributed by atoms with Gasteiger partial charge in [-0.15, -0.1) is 0 Å². The van der Waals surface area contributed by atoms with Crippen molar-refractivity contribution >= 4 is 17.3 Å². The summed E-state index contributed by atoms with van der Waals surface area (Å²) < 4.78 is 0. The van der Waals surface area contributed by atoms with Gasteiger partial charge in [-0.2, -0.15) is 0 Å². The lowest BCUT2D eigenvalue weighted by Crippen LogP contribution is -2.37. The summed E-state index contributed by atoms with van der Waals surface area (Å²) in [7, 11) is 0. The van der Waals surface area contributed by atoms with Crippen LogP contribution in [0.4, 0.5) is 5.69 Å². The van der Waals surface area contributed by atoms with Gasteiger partial charge in [-0.3, -0.25) is 0 Å². The van der Waals surface area contributed by atoms with Gasteiger partial charge in [-0.25, -0.2) is 0 Å². The van der Waals surface area contributed by atoms with Crippen LogP contribution in [-0.2, 0) is 0 Å². The largest absolute Gasteiger partial charge is 0.394 e. The third-order valence-corrected chi connectivity index (χ3v) is 4.20. The van der Waals surface area contributed by atoms with Crippen LogP contribution in [0.5, 0.6) is 0 Å². The predicted octanol–water partition coefficient (Wildman–Crippen LogP) is 3.10. The normalized spacial score (nSPS) is 22.1. The van der Waals surface area contributed by atoms with Crippen molar-refractivity contribution in [1.29, 1.82) is 0 Å². The first kappa shape index (κ1) is 14.6. The van der Waals surface area contributed by atoms with E-state index < -0.39 is 0 Å². The van der Waals surface area contributed by atoms with Crippen LogP contribution in [0, 0.1) is 0 Å². The number of aliphatic hydroxyl groups is 1. The van der Waals surface area contributed by atoms with Gasteiger partial charge in [0.2, 0.25) is 0 Å². The Morgan fingerprint density at radius 2 is 2.21 bits per heavy atom. The van der Waals surface area contributed by atoms with Gasteiger partial charge in [-0.05, 0) is 37.5 Å². The zero-order chi connectivity index (χ0) is 13.8. The number of benzene rings is 1. The van der Waals surface area contributed by atoms with Crippen LogP contribution >= 0.6 is 11.6 Å². The summed E-state index contributed by atoms with van der Waals surface area (Å²) in [4.78, 5) is 2.25. The molecule has 106 valence electrons. The molecule has 0 bridgehead atoms. The van der Waals surface area contributed by atoms with E-state index in [1.54, 1.807) is 0 Å². The molecular weight excluding hydrogens is 260 g/mol. The van der Waals surface area contributed by atoms with Crippen LogP contribution in [0.15, 0.2) is 18.2 Å². The van der Waals surface area contributed by atoms with E-state index in [4.69, 9.17) is 17.3 Å². The highest BCUT2D eigenvalue weighted by Gasteiger charge is 2.22. The molecule has 4 heteroatoms. The van der Waals surface area contributed by atoms with E-state index in [2.05, 4.69) is 4.90 Å². The fourth-order valence-electron chi connectivity index (χ4n) is 2.72. The van der Waals surface area contributed by atoms with Crippen molar-refractivity contribution in [3.05, 3.63) is 28.8 Å². The quantitative estimate of drug-likeness (QED) is 0.896. The number of hydrogen-bond acceptors (Lipinski definition) is 3. The standard InChI is InChI=1S/C15H23ClN2O/c1-11(17)12-6-7-15(14(16)9-12)18-8-4-2-3-5-13(18)10-19/h6-7,9,11,13,19H,2-5,8,10,17H2,1H3. The zero-order valence-electron chi connectivity index (χ0n) is 11.5. The summed E-state index contributed by atoms with van der Waals surface area (Å²) in [6.45, 7) is 3.10. The maximum Gasteiger partial charge on any atom is 0.0643 e. The number of aliphatic hydroxyl groups excluding tert-OH is 1. The Hall–Kier alpha value is -0.770. The lowest BCUT2D eigenvalue weighted by molar-refractivity contribution is 0.255. The van der Waals surface area contributed by atoms with E-state index in [9.17, 15) is 5.11 Å². The minimum atomic E-state index is -0.00989. The first-order valence-corrected chi connectivity index (χ1v) is 7.44. The number of hydrogen-bond donors (Lipinski definition) is 2. The molecule has 0 radical (unpaired) electrons. The summed E-state index contributed by atoms with van der Waals surface area (Å²) >= 11 is 6.40. The van der Waals surface area contributed by atoms with E-state index in [-0.39, 0.29) is 18.7 Å². The van der Waals surface area contributed by atoms with E-state index in [1.165, 1.54) is 12.8 Å². The van der Waals surface area contributed by atoms with Crippen molar-refractivity contribution in [1.82, 2.24) is 0 Å². The van der Waals surface area contributed by atoms with E-state index in [1.807, 2.05) is 25.1 Å². The maximum absolute atomic E-state index is 9.58. The second kappa shape index (κ2) is 6.60. The highest BCUT2D eigenvalue weighted by molar-refractivity contribution is 6.33. The fourth-order valence-corrected chi connectivity index (χ4v) is 3.02. The molecule has 0 aromatic heterocycles. The van der Waals surface area contributed by atoms with Gasteiger partial charge >= 0.3 is 0 Å². The Balaban J connectivity index is 2.28. The highest BCUT2D eigenvalue weighted by atomic mass is 35.5. The van der Waals surface area contributed by atoms with Gasteiger partial charge < -0.3 is 15.7 Å². The Kier molecular flexibility index (Phi) is 5.08. The Morgan fingerprint density at radius 1 is 1.42 bits per heavy atom. The molecule has 1 saturated heterocycles. The molecule has 19 heavy (non-hydrogen) atoms. The van der Waals surface area contributed by atoms with Crippen molar-refractivity contribution in [2.24, 2.45) is 5.73 Å². The first-order valence-electron chi connectivity index (χ1n) is 7.06. The second-order valence-corrected chi connectivity index (χ2v) is 5.79. The monoisotopic (exact) mass is 282 g/mol. The molecule has 1 aliphatic rings. The number of nitrogens with two attached hydrogens (primary N) is 1. The van der Waals surface area contributed by atoms with Gasteiger partial charge in [0.05, 0.1) is 23.4 Å². The average molecular weight is 283 g/mol. The topological polar surface area (TPSA) is 49.5 Å². The van der Waals surface area contributed by atoms with E-state index in [0.29, 0.717) is 0 Å². The number of halogens is 1. The van der Waals surface area contributed by atoms with Gasteiger partial charge in [0.25, 0.3) is 0 Å². The zero-order valence-corrected chi connectivity index (χ0v) is 12.2. The van der Waals surface area contributed by atoms with Crippen molar-refractivity contribution in [2.75, 3.05) is 18.1 Å². The number of nitrogens with zero attached hydrogens (tertiary/aromatic N) is 1. The van der Waals surface area contributed by atoms with Crippen molar-refractivity contribution in [3.63, 3.8) is 0 Å². The molecular formula is C15H23ClN2O. The van der Waals surface area contributed by atoms with Gasteiger partial charge in [0, 0.05) is 12.6 Å². The van der Waals surface area contributed by atoms with Crippen molar-refractivity contribution in [2.45, 2.75) is 44.7 Å². The van der Waals surface area contributed by atoms with Crippen LogP contribution in [-0.4, -0.2) is 24.3 Å². The predicted molar refractivity (Wildman–Crippen MR) is 80.7 cm³/mol. The van der Waals surface area contributed by atoms with E-state index in [0.717, 1.165) is 35.7 Å². The Morgan fingerprint density at radius 3 is 2.84 bits per heavy atom. The smallest absolute Gasteiger partial charge is 0.0643 e. The third kappa shape index (κ3) is 3.41. The second-order valence-electron chi connectivity index (χ2n) is 5.38. The van der Waals surface area contributed by atoms with Gasteiger partial charge in [0.15, 0.2) is 0 Å². The minimum Gasteiger partial charge on any atom is -0.394 e. The molecule has 0 spiro atoms. The number of anilines is 1. The molecule has 0 amide bonds. The lowest BCUT2D eigenvalue weighted by atomic mass is 10.1. The highest BCUT2D eigenvalue weighted by Crippen LogP contribution is 2.32.